The summed E-state index contributed by atoms with van der Waals surface area (Å²) in [5, 5.41) is 0. The van der Waals surface area contributed by atoms with Gasteiger partial charge in [0, 0.05) is 24.1 Å². The van der Waals surface area contributed by atoms with Crippen molar-refractivity contribution in [2.24, 2.45) is 0 Å². The van der Waals surface area contributed by atoms with Crippen LogP contribution in [0.4, 0.5) is 8.78 Å². The number of halogens is 3. The standard InChI is InChI=1S/C10H12ClF2NO2S/c11-4-1-5-17(15,16)14-7-8-2-3-9(12)6-10(8)13/h2-3,6,14H,1,4-5,7H2. The molecule has 0 bridgehead atoms. The summed E-state index contributed by atoms with van der Waals surface area (Å²) in [6.07, 6.45) is 0.322. The Hall–Kier alpha value is -0.720. The quantitative estimate of drug-likeness (QED) is 0.812. The van der Waals surface area contributed by atoms with Crippen LogP contribution in [-0.2, 0) is 16.6 Å². The van der Waals surface area contributed by atoms with Crippen LogP contribution in [0.15, 0.2) is 18.2 Å². The van der Waals surface area contributed by atoms with Crippen molar-refractivity contribution in [2.75, 3.05) is 11.6 Å². The van der Waals surface area contributed by atoms with Crippen molar-refractivity contribution >= 4 is 21.6 Å². The lowest BCUT2D eigenvalue weighted by Gasteiger charge is -2.06. The van der Waals surface area contributed by atoms with Gasteiger partial charge < -0.3 is 0 Å². The smallest absolute Gasteiger partial charge is 0.211 e. The van der Waals surface area contributed by atoms with E-state index in [2.05, 4.69) is 4.72 Å². The van der Waals surface area contributed by atoms with E-state index in [-0.39, 0.29) is 23.7 Å². The third kappa shape index (κ3) is 4.97. The van der Waals surface area contributed by atoms with Crippen molar-refractivity contribution in [1.82, 2.24) is 4.72 Å². The third-order valence-corrected chi connectivity index (χ3v) is 3.72. The molecule has 1 N–H and O–H groups in total. The van der Waals surface area contributed by atoms with E-state index in [0.717, 1.165) is 6.07 Å². The summed E-state index contributed by atoms with van der Waals surface area (Å²) in [7, 11) is -3.46. The summed E-state index contributed by atoms with van der Waals surface area (Å²) in [6.45, 7) is -0.198. The van der Waals surface area contributed by atoms with Crippen molar-refractivity contribution in [1.29, 1.82) is 0 Å². The fraction of sp³-hybridized carbons (Fsp3) is 0.400. The predicted molar refractivity (Wildman–Crippen MR) is 62.3 cm³/mol. The summed E-state index contributed by atoms with van der Waals surface area (Å²) in [5.74, 6) is -1.34. The minimum Gasteiger partial charge on any atom is -0.212 e. The molecular weight excluding hydrogens is 272 g/mol. The Morgan fingerprint density at radius 1 is 1.29 bits per heavy atom. The lowest BCUT2D eigenvalue weighted by molar-refractivity contribution is 0.562. The molecule has 3 nitrogen and oxygen atoms in total. The molecule has 0 aliphatic rings. The van der Waals surface area contributed by atoms with Gasteiger partial charge in [0.1, 0.15) is 11.6 Å². The first kappa shape index (κ1) is 14.3. The molecule has 0 fully saturated rings. The number of rotatable bonds is 6. The first-order chi connectivity index (χ1) is 7.94. The van der Waals surface area contributed by atoms with Gasteiger partial charge in [0.15, 0.2) is 0 Å². The van der Waals surface area contributed by atoms with E-state index in [1.165, 1.54) is 6.07 Å². The van der Waals surface area contributed by atoms with Gasteiger partial charge in [-0.05, 0) is 12.5 Å². The molecule has 0 radical (unpaired) electrons. The molecule has 0 unspecified atom stereocenters. The van der Waals surface area contributed by atoms with Crippen LogP contribution in [-0.4, -0.2) is 20.1 Å². The van der Waals surface area contributed by atoms with Crippen LogP contribution in [0.3, 0.4) is 0 Å². The highest BCUT2D eigenvalue weighted by atomic mass is 35.5. The summed E-state index contributed by atoms with van der Waals surface area (Å²) >= 11 is 5.37. The van der Waals surface area contributed by atoms with Crippen molar-refractivity contribution in [2.45, 2.75) is 13.0 Å². The summed E-state index contributed by atoms with van der Waals surface area (Å²) in [5.41, 5.74) is 0.0980. The lowest BCUT2D eigenvalue weighted by Crippen LogP contribution is -2.26. The molecule has 7 heteroatoms. The van der Waals surface area contributed by atoms with Gasteiger partial charge in [-0.3, -0.25) is 0 Å². The van der Waals surface area contributed by atoms with Crippen LogP contribution < -0.4 is 4.72 Å². The molecule has 0 spiro atoms. The lowest BCUT2D eigenvalue weighted by atomic mass is 10.2. The summed E-state index contributed by atoms with van der Waals surface area (Å²) in [4.78, 5) is 0. The van der Waals surface area contributed by atoms with E-state index in [1.807, 2.05) is 0 Å². The molecule has 0 atom stereocenters. The Morgan fingerprint density at radius 3 is 2.59 bits per heavy atom. The average molecular weight is 284 g/mol. The van der Waals surface area contributed by atoms with E-state index < -0.39 is 21.7 Å². The second kappa shape index (κ2) is 6.28. The van der Waals surface area contributed by atoms with E-state index in [4.69, 9.17) is 11.6 Å². The van der Waals surface area contributed by atoms with Gasteiger partial charge in [0.25, 0.3) is 0 Å². The maximum absolute atomic E-state index is 13.2. The molecule has 0 aromatic heterocycles. The molecule has 0 aliphatic heterocycles. The van der Waals surface area contributed by atoms with Crippen molar-refractivity contribution in [3.05, 3.63) is 35.4 Å². The number of benzene rings is 1. The Labute approximate surface area is 104 Å². The van der Waals surface area contributed by atoms with Crippen LogP contribution in [0.25, 0.3) is 0 Å². The monoisotopic (exact) mass is 283 g/mol. The van der Waals surface area contributed by atoms with Gasteiger partial charge >= 0.3 is 0 Å². The minimum absolute atomic E-state index is 0.0980. The Morgan fingerprint density at radius 2 is 2.00 bits per heavy atom. The minimum atomic E-state index is -3.46. The second-order valence-corrected chi connectivity index (χ2v) is 5.72. The Bertz CT molecular complexity index is 479. The van der Waals surface area contributed by atoms with Crippen molar-refractivity contribution in [3.63, 3.8) is 0 Å². The van der Waals surface area contributed by atoms with Gasteiger partial charge in [-0.15, -0.1) is 11.6 Å². The molecule has 17 heavy (non-hydrogen) atoms. The van der Waals surface area contributed by atoms with Crippen LogP contribution in [0.1, 0.15) is 12.0 Å². The van der Waals surface area contributed by atoms with E-state index >= 15 is 0 Å². The number of hydrogen-bond donors (Lipinski definition) is 1. The maximum Gasteiger partial charge on any atom is 0.211 e. The molecule has 0 aliphatic carbocycles. The largest absolute Gasteiger partial charge is 0.212 e. The van der Waals surface area contributed by atoms with E-state index in [0.29, 0.717) is 12.5 Å². The third-order valence-electron chi connectivity index (χ3n) is 2.04. The van der Waals surface area contributed by atoms with Crippen LogP contribution in [0.2, 0.25) is 0 Å². The summed E-state index contributed by atoms with van der Waals surface area (Å²) in [6, 6.07) is 2.99. The molecular formula is C10H12ClF2NO2S. The molecule has 0 saturated heterocycles. The predicted octanol–water partition coefficient (Wildman–Crippen LogP) is 2.01. The van der Waals surface area contributed by atoms with Crippen LogP contribution in [0.5, 0.6) is 0 Å². The van der Waals surface area contributed by atoms with Gasteiger partial charge in [-0.25, -0.2) is 21.9 Å². The van der Waals surface area contributed by atoms with Gasteiger partial charge in [-0.2, -0.15) is 0 Å². The van der Waals surface area contributed by atoms with Crippen LogP contribution in [0, 0.1) is 11.6 Å². The Balaban J connectivity index is 2.61. The van der Waals surface area contributed by atoms with Gasteiger partial charge in [0.05, 0.1) is 5.75 Å². The van der Waals surface area contributed by atoms with E-state index in [9.17, 15) is 17.2 Å². The molecule has 96 valence electrons. The average Bonchev–Trinajstić information content (AvgIpc) is 2.25. The fourth-order valence-electron chi connectivity index (χ4n) is 1.17. The number of sulfonamides is 1. The summed E-state index contributed by atoms with van der Waals surface area (Å²) < 4.78 is 50.7. The SMILES string of the molecule is O=S(=O)(CCCCl)NCc1ccc(F)cc1F. The number of hydrogen-bond acceptors (Lipinski definition) is 2. The normalized spacial score (nSPS) is 11.7. The Kier molecular flexibility index (Phi) is 5.30. The van der Waals surface area contributed by atoms with Crippen LogP contribution >= 0.6 is 11.6 Å². The zero-order chi connectivity index (χ0) is 12.9. The highest BCUT2D eigenvalue weighted by Crippen LogP contribution is 2.09. The van der Waals surface area contributed by atoms with Gasteiger partial charge in [-0.1, -0.05) is 6.07 Å². The molecule has 1 rings (SSSR count). The van der Waals surface area contributed by atoms with Crippen molar-refractivity contribution in [3.8, 4) is 0 Å². The molecule has 1 aromatic carbocycles. The molecule has 0 amide bonds. The van der Waals surface area contributed by atoms with Gasteiger partial charge in [0.2, 0.25) is 10.0 Å². The number of alkyl halides is 1. The van der Waals surface area contributed by atoms with E-state index in [1.54, 1.807) is 0 Å². The topological polar surface area (TPSA) is 46.2 Å². The second-order valence-electron chi connectivity index (χ2n) is 3.42. The fourth-order valence-corrected chi connectivity index (χ4v) is 2.51. The molecule has 1 aromatic rings. The zero-order valence-corrected chi connectivity index (χ0v) is 10.5. The highest BCUT2D eigenvalue weighted by molar-refractivity contribution is 7.89. The maximum atomic E-state index is 13.2. The first-order valence-corrected chi connectivity index (χ1v) is 7.10. The number of nitrogens with one attached hydrogen (secondary N) is 1. The van der Waals surface area contributed by atoms with Crippen molar-refractivity contribution < 1.29 is 17.2 Å². The molecule has 0 saturated carbocycles. The highest BCUT2D eigenvalue weighted by Gasteiger charge is 2.11. The first-order valence-electron chi connectivity index (χ1n) is 4.92. The zero-order valence-electron chi connectivity index (χ0n) is 8.92. The molecule has 0 heterocycles.